The summed E-state index contributed by atoms with van der Waals surface area (Å²) in [7, 11) is 0. The van der Waals surface area contributed by atoms with E-state index in [2.05, 4.69) is 27.5 Å². The zero-order chi connectivity index (χ0) is 27.4. The van der Waals surface area contributed by atoms with Gasteiger partial charge in [-0.05, 0) is 74.2 Å². The molecule has 0 radical (unpaired) electrons. The second-order valence-corrected chi connectivity index (χ2v) is 9.92. The van der Waals surface area contributed by atoms with Gasteiger partial charge in [-0.2, -0.15) is 0 Å². The number of amides is 2. The van der Waals surface area contributed by atoms with Gasteiger partial charge in [0.15, 0.2) is 0 Å². The summed E-state index contributed by atoms with van der Waals surface area (Å²) in [5.41, 5.74) is 5.39. The molecule has 7 heteroatoms. The molecule has 2 heterocycles. The number of aliphatic hydroxyl groups is 1. The zero-order valence-electron chi connectivity index (χ0n) is 22.0. The lowest BCUT2D eigenvalue weighted by molar-refractivity contribution is 0.0909. The van der Waals surface area contributed by atoms with E-state index in [0.717, 1.165) is 34.0 Å². The Labute approximate surface area is 227 Å². The number of ether oxygens (including phenoxy) is 1. The molecular formula is C32H31N3O4. The molecule has 3 aromatic carbocycles. The van der Waals surface area contributed by atoms with Crippen LogP contribution < -0.4 is 15.4 Å². The number of aromatic amines is 1. The second-order valence-electron chi connectivity index (χ2n) is 9.92. The largest absolute Gasteiger partial charge is 0.490 e. The van der Waals surface area contributed by atoms with Crippen molar-refractivity contribution < 1.29 is 19.4 Å². The third-order valence-corrected chi connectivity index (χ3v) is 6.67. The van der Waals surface area contributed by atoms with Crippen molar-refractivity contribution in [3.63, 3.8) is 0 Å². The summed E-state index contributed by atoms with van der Waals surface area (Å²) >= 11 is 0. The van der Waals surface area contributed by atoms with Crippen LogP contribution >= 0.6 is 0 Å². The third kappa shape index (κ3) is 5.97. The number of fused-ring (bicyclic) bond motifs is 2. The molecule has 1 unspecified atom stereocenters. The SMILES string of the molecule is CC(C)Oc1ccc(C#Cc2ccc3c(c2)C(=O)NCC3)cc1C(=O)NC(CO)Cc1c[nH]c2ccccc12. The first-order chi connectivity index (χ1) is 18.9. The summed E-state index contributed by atoms with van der Waals surface area (Å²) in [5, 5.41) is 17.0. The number of carbonyl (C=O) groups excluding carboxylic acids is 2. The van der Waals surface area contributed by atoms with E-state index in [0.29, 0.717) is 35.4 Å². The molecule has 198 valence electrons. The average Bonchev–Trinajstić information content (AvgIpc) is 3.34. The fourth-order valence-corrected chi connectivity index (χ4v) is 4.77. The Kier molecular flexibility index (Phi) is 7.67. The minimum Gasteiger partial charge on any atom is -0.490 e. The van der Waals surface area contributed by atoms with Crippen molar-refractivity contribution in [3.8, 4) is 17.6 Å². The Morgan fingerprint density at radius 1 is 1.08 bits per heavy atom. The van der Waals surface area contributed by atoms with E-state index in [1.165, 1.54) is 0 Å². The first kappa shape index (κ1) is 26.1. The number of aliphatic hydroxyl groups excluding tert-OH is 1. The molecule has 0 saturated carbocycles. The molecule has 0 bridgehead atoms. The molecule has 39 heavy (non-hydrogen) atoms. The first-order valence-electron chi connectivity index (χ1n) is 13.1. The van der Waals surface area contributed by atoms with Crippen molar-refractivity contribution >= 4 is 22.7 Å². The van der Waals surface area contributed by atoms with Gasteiger partial charge in [-0.25, -0.2) is 0 Å². The summed E-state index contributed by atoms with van der Waals surface area (Å²) in [6, 6.07) is 18.4. The van der Waals surface area contributed by atoms with Crippen LogP contribution in [0.5, 0.6) is 5.75 Å². The van der Waals surface area contributed by atoms with Gasteiger partial charge in [-0.3, -0.25) is 9.59 Å². The van der Waals surface area contributed by atoms with Crippen molar-refractivity contribution in [2.75, 3.05) is 13.2 Å². The fraction of sp³-hybridized carbons (Fsp3) is 0.250. The number of benzene rings is 3. The maximum absolute atomic E-state index is 13.4. The Morgan fingerprint density at radius 3 is 2.64 bits per heavy atom. The molecule has 0 spiro atoms. The standard InChI is InChI=1S/C32H31N3O4/c1-20(2)39-30-12-10-22(8-7-21-9-11-23-13-14-33-31(37)27(23)15-21)16-28(30)32(38)35-25(19-36)17-24-18-34-29-6-4-3-5-26(24)29/h3-6,9-12,15-16,18,20,25,34,36H,13-14,17,19H2,1-2H3,(H,33,37)(H,35,38). The van der Waals surface area contributed by atoms with Crippen LogP contribution in [-0.2, 0) is 12.8 Å². The predicted octanol–water partition coefficient (Wildman–Crippen LogP) is 3.97. The number of nitrogens with one attached hydrogen (secondary N) is 3. The summed E-state index contributed by atoms with van der Waals surface area (Å²) in [5.74, 6) is 6.24. The molecule has 0 aliphatic carbocycles. The van der Waals surface area contributed by atoms with E-state index in [-0.39, 0.29) is 24.5 Å². The lowest BCUT2D eigenvalue weighted by Crippen LogP contribution is -2.39. The highest BCUT2D eigenvalue weighted by molar-refractivity contribution is 5.98. The smallest absolute Gasteiger partial charge is 0.255 e. The van der Waals surface area contributed by atoms with Crippen LogP contribution in [0.15, 0.2) is 66.9 Å². The second kappa shape index (κ2) is 11.5. The Bertz CT molecular complexity index is 1590. The molecule has 0 fully saturated rings. The van der Waals surface area contributed by atoms with Crippen molar-refractivity contribution in [2.45, 2.75) is 38.8 Å². The maximum atomic E-state index is 13.4. The summed E-state index contributed by atoms with van der Waals surface area (Å²) < 4.78 is 5.92. The van der Waals surface area contributed by atoms with Crippen LogP contribution in [-0.4, -0.2) is 47.2 Å². The van der Waals surface area contributed by atoms with Gasteiger partial charge in [-0.1, -0.05) is 36.1 Å². The molecule has 1 atom stereocenters. The Morgan fingerprint density at radius 2 is 1.85 bits per heavy atom. The molecule has 7 nitrogen and oxygen atoms in total. The lowest BCUT2D eigenvalue weighted by atomic mass is 9.98. The number of H-pyrrole nitrogens is 1. The summed E-state index contributed by atoms with van der Waals surface area (Å²) in [6.07, 6.45) is 3.06. The molecule has 2 amide bonds. The average molecular weight is 522 g/mol. The van der Waals surface area contributed by atoms with Gasteiger partial charge < -0.3 is 25.5 Å². The molecule has 4 aromatic rings. The topological polar surface area (TPSA) is 103 Å². The van der Waals surface area contributed by atoms with E-state index in [1.54, 1.807) is 18.2 Å². The number of rotatable bonds is 7. The van der Waals surface area contributed by atoms with Gasteiger partial charge in [0.1, 0.15) is 5.75 Å². The number of hydrogen-bond acceptors (Lipinski definition) is 4. The normalized spacial score (nSPS) is 13.3. The highest BCUT2D eigenvalue weighted by atomic mass is 16.5. The van der Waals surface area contributed by atoms with E-state index >= 15 is 0 Å². The quantitative estimate of drug-likeness (QED) is 0.276. The lowest BCUT2D eigenvalue weighted by Gasteiger charge is -2.19. The van der Waals surface area contributed by atoms with Crippen molar-refractivity contribution in [3.05, 3.63) is 100 Å². The summed E-state index contributed by atoms with van der Waals surface area (Å²) in [4.78, 5) is 28.9. The van der Waals surface area contributed by atoms with Crippen molar-refractivity contribution in [2.24, 2.45) is 0 Å². The van der Waals surface area contributed by atoms with Crippen LogP contribution in [0.1, 0.15) is 56.8 Å². The monoisotopic (exact) mass is 521 g/mol. The molecule has 1 aliphatic heterocycles. The summed E-state index contributed by atoms with van der Waals surface area (Å²) in [6.45, 7) is 4.23. The van der Waals surface area contributed by atoms with E-state index in [9.17, 15) is 14.7 Å². The first-order valence-corrected chi connectivity index (χ1v) is 13.1. The Balaban J connectivity index is 1.38. The van der Waals surface area contributed by atoms with Gasteiger partial charge in [0.25, 0.3) is 11.8 Å². The zero-order valence-corrected chi connectivity index (χ0v) is 22.0. The molecule has 4 N–H and O–H groups in total. The van der Waals surface area contributed by atoms with Crippen LogP contribution in [0.4, 0.5) is 0 Å². The van der Waals surface area contributed by atoms with E-state index < -0.39 is 6.04 Å². The third-order valence-electron chi connectivity index (χ3n) is 6.67. The number of hydrogen-bond donors (Lipinski definition) is 4. The van der Waals surface area contributed by atoms with Crippen molar-refractivity contribution in [1.82, 2.24) is 15.6 Å². The van der Waals surface area contributed by atoms with Crippen LogP contribution in [0.25, 0.3) is 10.9 Å². The van der Waals surface area contributed by atoms with Crippen molar-refractivity contribution in [1.29, 1.82) is 0 Å². The number of carbonyl (C=O) groups is 2. The van der Waals surface area contributed by atoms with Crippen LogP contribution in [0.2, 0.25) is 0 Å². The van der Waals surface area contributed by atoms with Crippen LogP contribution in [0, 0.1) is 11.8 Å². The van der Waals surface area contributed by atoms with E-state index in [4.69, 9.17) is 4.74 Å². The highest BCUT2D eigenvalue weighted by Gasteiger charge is 2.20. The van der Waals surface area contributed by atoms with Gasteiger partial charge in [0.05, 0.1) is 24.3 Å². The van der Waals surface area contributed by atoms with E-state index in [1.807, 2.05) is 62.5 Å². The molecule has 1 aromatic heterocycles. The maximum Gasteiger partial charge on any atom is 0.255 e. The fourth-order valence-electron chi connectivity index (χ4n) is 4.77. The minimum atomic E-state index is -0.486. The van der Waals surface area contributed by atoms with Gasteiger partial charge in [0, 0.05) is 40.3 Å². The molecule has 5 rings (SSSR count). The van der Waals surface area contributed by atoms with Gasteiger partial charge in [-0.15, -0.1) is 0 Å². The van der Waals surface area contributed by atoms with Gasteiger partial charge >= 0.3 is 0 Å². The highest BCUT2D eigenvalue weighted by Crippen LogP contribution is 2.23. The van der Waals surface area contributed by atoms with Gasteiger partial charge in [0.2, 0.25) is 0 Å². The Hall–Kier alpha value is -4.54. The molecule has 1 aliphatic rings. The number of para-hydroxylation sites is 1. The number of aromatic nitrogens is 1. The van der Waals surface area contributed by atoms with Crippen LogP contribution in [0.3, 0.4) is 0 Å². The molecule has 0 saturated heterocycles. The predicted molar refractivity (Wildman–Crippen MR) is 151 cm³/mol. The minimum absolute atomic E-state index is 0.0832. The molecular weight excluding hydrogens is 490 g/mol.